The molecule has 6 rings (SSSR count). The first kappa shape index (κ1) is 39.7. The Labute approximate surface area is 328 Å². The Morgan fingerprint density at radius 3 is 2.04 bits per heavy atom. The maximum Gasteiger partial charge on any atom is 0.326 e. The topological polar surface area (TPSA) is 145 Å². The van der Waals surface area contributed by atoms with E-state index in [4.69, 9.17) is 4.74 Å². The molecule has 0 radical (unpaired) electrons. The number of carboxylic acids is 1. The van der Waals surface area contributed by atoms with Gasteiger partial charge >= 0.3 is 5.97 Å². The van der Waals surface area contributed by atoms with Gasteiger partial charge in [0.15, 0.2) is 6.61 Å². The number of anilines is 1. The number of hydrogen-bond donors (Lipinski definition) is 3. The molecule has 3 N–H and O–H groups in total. The highest BCUT2D eigenvalue weighted by molar-refractivity contribution is 6.03. The van der Waals surface area contributed by atoms with E-state index in [9.17, 15) is 29.1 Å². The fourth-order valence-corrected chi connectivity index (χ4v) is 8.03. The first-order valence-corrected chi connectivity index (χ1v) is 19.4. The van der Waals surface area contributed by atoms with Crippen LogP contribution in [0.25, 0.3) is 0 Å². The zero-order chi connectivity index (χ0) is 39.5. The van der Waals surface area contributed by atoms with Crippen LogP contribution < -0.4 is 20.3 Å². The molecule has 4 aromatic rings. The van der Waals surface area contributed by atoms with Gasteiger partial charge in [0.05, 0.1) is 5.41 Å². The number of nitrogens with zero attached hydrogens (tertiary/aromatic N) is 2. The van der Waals surface area contributed by atoms with Crippen molar-refractivity contribution in [2.45, 2.75) is 83.0 Å². The number of carboxylic acid groups (broad SMARTS) is 1. The van der Waals surface area contributed by atoms with Crippen LogP contribution in [0, 0.1) is 5.41 Å². The van der Waals surface area contributed by atoms with Crippen molar-refractivity contribution in [3.8, 4) is 5.75 Å². The van der Waals surface area contributed by atoms with Crippen LogP contribution in [0.15, 0.2) is 115 Å². The number of benzene rings is 4. The first-order chi connectivity index (χ1) is 27.1. The quantitative estimate of drug-likeness (QED) is 0.125. The molecule has 2 aliphatic rings. The summed E-state index contributed by atoms with van der Waals surface area (Å²) in [6.45, 7) is 1.53. The summed E-state index contributed by atoms with van der Waals surface area (Å²) in [4.78, 5) is 69.7. The zero-order valence-electron chi connectivity index (χ0n) is 31.8. The predicted octanol–water partition coefficient (Wildman–Crippen LogP) is 5.71. The minimum atomic E-state index is -1.17. The molecule has 1 aliphatic carbocycles. The summed E-state index contributed by atoms with van der Waals surface area (Å²) in [6, 6.07) is 33.8. The van der Waals surface area contributed by atoms with E-state index in [1.165, 1.54) is 6.92 Å². The monoisotopic (exact) mass is 758 g/mol. The molecule has 3 atom stereocenters. The minimum Gasteiger partial charge on any atom is -0.484 e. The van der Waals surface area contributed by atoms with Crippen molar-refractivity contribution in [2.24, 2.45) is 5.41 Å². The largest absolute Gasteiger partial charge is 0.484 e. The number of nitrogens with one attached hydrogen (secondary N) is 2. The molecule has 292 valence electrons. The maximum absolute atomic E-state index is 14.6. The lowest BCUT2D eigenvalue weighted by atomic mass is 9.81. The van der Waals surface area contributed by atoms with Gasteiger partial charge in [0.2, 0.25) is 11.8 Å². The van der Waals surface area contributed by atoms with Crippen molar-refractivity contribution in [3.05, 3.63) is 132 Å². The summed E-state index contributed by atoms with van der Waals surface area (Å²) in [5.74, 6) is -1.60. The molecule has 0 bridgehead atoms. The van der Waals surface area contributed by atoms with E-state index in [-0.39, 0.29) is 36.7 Å². The number of aliphatic carboxylic acids is 1. The van der Waals surface area contributed by atoms with Crippen LogP contribution in [-0.4, -0.2) is 71.0 Å². The van der Waals surface area contributed by atoms with Crippen molar-refractivity contribution in [1.82, 2.24) is 15.5 Å². The second-order valence-corrected chi connectivity index (χ2v) is 14.8. The molecule has 4 aromatic carbocycles. The lowest BCUT2D eigenvalue weighted by Crippen LogP contribution is -2.49. The third-order valence-corrected chi connectivity index (χ3v) is 11.0. The van der Waals surface area contributed by atoms with Gasteiger partial charge in [-0.3, -0.25) is 24.1 Å². The normalized spacial score (nSPS) is 18.0. The van der Waals surface area contributed by atoms with E-state index in [1.54, 1.807) is 46.2 Å². The Morgan fingerprint density at radius 1 is 0.821 bits per heavy atom. The molecule has 2 fully saturated rings. The SMILES string of the molecule is CC(=O)NCCC1(C(=O)NC(Cc2ccc(N3C(=O)C(Cc4ccccc4)N(C(=O)COc4ccccc4)C3CCc3ccccc3)cc2)C(=O)O)CCCC1. The molecule has 3 unspecified atom stereocenters. The molecular formula is C45H50N4O7. The number of para-hydroxylation sites is 1. The standard InChI is InChI=1S/C45H50N4O7/c1-32(50)46-28-27-45(25-11-12-26-45)44(55)47-38(43(53)54)29-35-19-22-36(23-20-35)48-40(24-21-33-13-5-2-6-14-33)49(41(51)31-56-37-17-9-4-10-18-37)39(42(48)52)30-34-15-7-3-8-16-34/h2-10,13-20,22-23,38-40H,11-12,21,24-31H2,1H3,(H,46,50)(H,47,55)(H,53,54). The molecule has 0 spiro atoms. The number of rotatable bonds is 17. The third-order valence-electron chi connectivity index (χ3n) is 11.0. The Kier molecular flexibility index (Phi) is 13.2. The van der Waals surface area contributed by atoms with Gasteiger partial charge < -0.3 is 25.4 Å². The maximum atomic E-state index is 14.6. The smallest absolute Gasteiger partial charge is 0.326 e. The van der Waals surface area contributed by atoms with E-state index < -0.39 is 29.6 Å². The van der Waals surface area contributed by atoms with Gasteiger partial charge in [-0.2, -0.15) is 0 Å². The number of ether oxygens (including phenoxy) is 1. The zero-order valence-corrected chi connectivity index (χ0v) is 31.8. The van der Waals surface area contributed by atoms with Crippen LogP contribution in [0.4, 0.5) is 5.69 Å². The second-order valence-electron chi connectivity index (χ2n) is 14.8. The van der Waals surface area contributed by atoms with E-state index in [0.29, 0.717) is 62.1 Å². The number of aryl methyl sites for hydroxylation is 1. The Hall–Kier alpha value is -5.97. The molecule has 1 heterocycles. The molecule has 56 heavy (non-hydrogen) atoms. The summed E-state index contributed by atoms with van der Waals surface area (Å²) < 4.78 is 5.92. The molecule has 11 heteroatoms. The van der Waals surface area contributed by atoms with E-state index >= 15 is 0 Å². The molecule has 1 saturated heterocycles. The molecule has 1 saturated carbocycles. The van der Waals surface area contributed by atoms with Crippen molar-refractivity contribution >= 4 is 35.3 Å². The van der Waals surface area contributed by atoms with Crippen molar-refractivity contribution in [3.63, 3.8) is 0 Å². The molecular weight excluding hydrogens is 709 g/mol. The van der Waals surface area contributed by atoms with E-state index in [2.05, 4.69) is 10.6 Å². The van der Waals surface area contributed by atoms with Gasteiger partial charge in [-0.05, 0) is 73.1 Å². The average molecular weight is 759 g/mol. The highest BCUT2D eigenvalue weighted by atomic mass is 16.5. The van der Waals surface area contributed by atoms with Gasteiger partial charge in [-0.1, -0.05) is 104 Å². The van der Waals surface area contributed by atoms with Gasteiger partial charge in [0.25, 0.3) is 11.8 Å². The Balaban J connectivity index is 1.25. The van der Waals surface area contributed by atoms with Crippen LogP contribution in [0.1, 0.15) is 62.1 Å². The number of carbonyl (C=O) groups excluding carboxylic acids is 4. The average Bonchev–Trinajstić information content (AvgIpc) is 3.80. The minimum absolute atomic E-state index is 0.0343. The lowest BCUT2D eigenvalue weighted by Gasteiger charge is -2.32. The number of hydrogen-bond acceptors (Lipinski definition) is 6. The summed E-state index contributed by atoms with van der Waals surface area (Å²) in [7, 11) is 0. The summed E-state index contributed by atoms with van der Waals surface area (Å²) in [6.07, 6.45) is 4.25. The first-order valence-electron chi connectivity index (χ1n) is 19.4. The van der Waals surface area contributed by atoms with Gasteiger partial charge in [0.1, 0.15) is 24.0 Å². The van der Waals surface area contributed by atoms with E-state index in [1.807, 2.05) is 78.9 Å². The summed E-state index contributed by atoms with van der Waals surface area (Å²) in [5.41, 5.74) is 2.51. The highest BCUT2D eigenvalue weighted by Gasteiger charge is 2.49. The molecule has 4 amide bonds. The summed E-state index contributed by atoms with van der Waals surface area (Å²) in [5, 5.41) is 15.7. The number of carbonyl (C=O) groups is 5. The van der Waals surface area contributed by atoms with Crippen molar-refractivity contribution in [2.75, 3.05) is 18.1 Å². The fourth-order valence-electron chi connectivity index (χ4n) is 8.03. The van der Waals surface area contributed by atoms with E-state index in [0.717, 1.165) is 24.0 Å². The van der Waals surface area contributed by atoms with Crippen molar-refractivity contribution in [1.29, 1.82) is 0 Å². The van der Waals surface area contributed by atoms with Gasteiger partial charge in [-0.25, -0.2) is 4.79 Å². The van der Waals surface area contributed by atoms with Gasteiger partial charge in [-0.15, -0.1) is 0 Å². The second kappa shape index (κ2) is 18.6. The fraction of sp³-hybridized carbons (Fsp3) is 0.356. The summed E-state index contributed by atoms with van der Waals surface area (Å²) >= 11 is 0. The number of amides is 4. The van der Waals surface area contributed by atoms with Crippen LogP contribution in [0.3, 0.4) is 0 Å². The molecule has 1 aliphatic heterocycles. The van der Waals surface area contributed by atoms with Crippen LogP contribution in [0.5, 0.6) is 5.75 Å². The van der Waals surface area contributed by atoms with Crippen LogP contribution in [-0.2, 0) is 43.2 Å². The molecule has 0 aromatic heterocycles. The van der Waals surface area contributed by atoms with Crippen LogP contribution in [0.2, 0.25) is 0 Å². The predicted molar refractivity (Wildman–Crippen MR) is 213 cm³/mol. The molecule has 11 nitrogen and oxygen atoms in total. The van der Waals surface area contributed by atoms with Gasteiger partial charge in [0, 0.05) is 32.0 Å². The highest BCUT2D eigenvalue weighted by Crippen LogP contribution is 2.41. The van der Waals surface area contributed by atoms with Crippen molar-refractivity contribution < 1.29 is 33.8 Å². The van der Waals surface area contributed by atoms with Crippen LogP contribution >= 0.6 is 0 Å². The lowest BCUT2D eigenvalue weighted by molar-refractivity contribution is -0.144. The third kappa shape index (κ3) is 9.82. The Morgan fingerprint density at radius 2 is 1.43 bits per heavy atom. The Bertz CT molecular complexity index is 1950.